The summed E-state index contributed by atoms with van der Waals surface area (Å²) in [6.45, 7) is 0.866. The van der Waals surface area contributed by atoms with Crippen molar-refractivity contribution in [3.8, 4) is 0 Å². The second-order valence-corrected chi connectivity index (χ2v) is 5.77. The van der Waals surface area contributed by atoms with Gasteiger partial charge in [-0.2, -0.15) is 13.2 Å². The van der Waals surface area contributed by atoms with E-state index in [9.17, 15) is 22.4 Å². The Morgan fingerprint density at radius 2 is 1.67 bits per heavy atom. The Balaban J connectivity index is 1.62. The molecule has 2 aromatic rings. The van der Waals surface area contributed by atoms with Gasteiger partial charge in [0.25, 0.3) is 0 Å². The summed E-state index contributed by atoms with van der Waals surface area (Å²) >= 11 is 0. The average Bonchev–Trinajstić information content (AvgIpc) is 3.05. The van der Waals surface area contributed by atoms with E-state index in [1.54, 1.807) is 4.90 Å². The summed E-state index contributed by atoms with van der Waals surface area (Å²) in [5.74, 6) is -1.55. The Kier molecular flexibility index (Phi) is 4.34. The van der Waals surface area contributed by atoms with Gasteiger partial charge in [-0.25, -0.2) is 4.39 Å². The molecule has 128 valence electrons. The topological polar surface area (TPSA) is 33.5 Å². The summed E-state index contributed by atoms with van der Waals surface area (Å²) in [4.78, 5) is 14.1. The van der Waals surface area contributed by atoms with Crippen molar-refractivity contribution in [2.75, 3.05) is 18.0 Å². The molecule has 3 nitrogen and oxygen atoms in total. The molecule has 0 aliphatic carbocycles. The van der Waals surface area contributed by atoms with Gasteiger partial charge in [0.1, 0.15) is 5.82 Å². The number of nitrogens with zero attached hydrogens (tertiary/aromatic N) is 1. The predicted octanol–water partition coefficient (Wildman–Crippen LogP) is 4.54. The molecule has 0 bridgehead atoms. The number of carbonyl (C=O) groups excluding carboxylic acids is 1. The zero-order valence-electron chi connectivity index (χ0n) is 12.6. The lowest BCUT2D eigenvalue weighted by molar-refractivity contribution is -0.152. The number of benzene rings is 1. The lowest BCUT2D eigenvalue weighted by Gasteiger charge is -2.31. The van der Waals surface area contributed by atoms with Crippen molar-refractivity contribution in [2.24, 2.45) is 5.92 Å². The molecule has 1 aliphatic heterocycles. The first-order valence-electron chi connectivity index (χ1n) is 7.56. The number of alkyl halides is 3. The molecule has 0 saturated carbocycles. The number of piperidine rings is 1. The number of carbonyl (C=O) groups is 1. The second kappa shape index (κ2) is 6.30. The largest absolute Gasteiger partial charge is 0.449 e. The van der Waals surface area contributed by atoms with E-state index in [1.165, 1.54) is 30.3 Å². The van der Waals surface area contributed by atoms with Crippen LogP contribution in [0.25, 0.3) is 0 Å². The fourth-order valence-corrected chi connectivity index (χ4v) is 2.86. The summed E-state index contributed by atoms with van der Waals surface area (Å²) in [7, 11) is 0. The molecule has 1 aromatic heterocycles. The second-order valence-electron chi connectivity index (χ2n) is 5.77. The highest BCUT2D eigenvalue weighted by molar-refractivity contribution is 5.97. The van der Waals surface area contributed by atoms with Crippen molar-refractivity contribution in [1.82, 2.24) is 0 Å². The summed E-state index contributed by atoms with van der Waals surface area (Å²) in [5, 5.41) is 0. The van der Waals surface area contributed by atoms with Gasteiger partial charge in [-0.1, -0.05) is 0 Å². The first-order valence-corrected chi connectivity index (χ1v) is 7.56. The maximum Gasteiger partial charge on any atom is 0.449 e. The SMILES string of the molecule is O=C(c1ccc(F)cc1)C1CCN(c2ccc(C(F)(F)F)o2)CC1. The highest BCUT2D eigenvalue weighted by Crippen LogP contribution is 2.34. The molecule has 1 aliphatic rings. The molecule has 1 fully saturated rings. The Bertz CT molecular complexity index is 713. The van der Waals surface area contributed by atoms with Crippen molar-refractivity contribution >= 4 is 11.7 Å². The van der Waals surface area contributed by atoms with Gasteiger partial charge in [-0.05, 0) is 43.2 Å². The van der Waals surface area contributed by atoms with E-state index in [-0.39, 0.29) is 17.6 Å². The summed E-state index contributed by atoms with van der Waals surface area (Å²) in [5.41, 5.74) is 0.451. The number of halogens is 4. The summed E-state index contributed by atoms with van der Waals surface area (Å²) in [6, 6.07) is 7.59. The van der Waals surface area contributed by atoms with Crippen LogP contribution in [0, 0.1) is 11.7 Å². The third-order valence-electron chi connectivity index (χ3n) is 4.18. The van der Waals surface area contributed by atoms with E-state index < -0.39 is 17.8 Å². The van der Waals surface area contributed by atoms with Crippen LogP contribution in [0.1, 0.15) is 29.0 Å². The molecule has 0 N–H and O–H groups in total. The van der Waals surface area contributed by atoms with Crippen LogP contribution in [0.2, 0.25) is 0 Å². The van der Waals surface area contributed by atoms with Gasteiger partial charge in [-0.15, -0.1) is 0 Å². The normalized spacial score (nSPS) is 16.4. The number of anilines is 1. The molecule has 0 atom stereocenters. The molecule has 3 rings (SSSR count). The first-order chi connectivity index (χ1) is 11.3. The molecule has 24 heavy (non-hydrogen) atoms. The fraction of sp³-hybridized carbons (Fsp3) is 0.353. The number of hydrogen-bond acceptors (Lipinski definition) is 3. The van der Waals surface area contributed by atoms with Crippen molar-refractivity contribution < 1.29 is 26.8 Å². The Morgan fingerprint density at radius 3 is 2.21 bits per heavy atom. The van der Waals surface area contributed by atoms with E-state index in [0.29, 0.717) is 31.5 Å². The van der Waals surface area contributed by atoms with Crippen molar-refractivity contribution in [3.63, 3.8) is 0 Å². The minimum absolute atomic E-state index is 0.0647. The van der Waals surface area contributed by atoms with Gasteiger partial charge in [0.15, 0.2) is 11.7 Å². The van der Waals surface area contributed by atoms with Crippen LogP contribution in [0.15, 0.2) is 40.8 Å². The van der Waals surface area contributed by atoms with Crippen molar-refractivity contribution in [3.05, 3.63) is 53.5 Å². The van der Waals surface area contributed by atoms with E-state index in [0.717, 1.165) is 6.07 Å². The maximum absolute atomic E-state index is 12.9. The van der Waals surface area contributed by atoms with Crippen LogP contribution in [-0.4, -0.2) is 18.9 Å². The standard InChI is InChI=1S/C17H15F4NO2/c18-13-3-1-11(2-4-13)16(23)12-7-9-22(10-8-12)15-6-5-14(24-15)17(19,20)21/h1-6,12H,7-10H2. The van der Waals surface area contributed by atoms with Gasteiger partial charge in [0.05, 0.1) is 0 Å². The summed E-state index contributed by atoms with van der Waals surface area (Å²) in [6.07, 6.45) is -3.48. The van der Waals surface area contributed by atoms with Crippen LogP contribution < -0.4 is 4.90 Å². The van der Waals surface area contributed by atoms with Crippen LogP contribution in [0.4, 0.5) is 23.4 Å². The number of furan rings is 1. The zero-order valence-corrected chi connectivity index (χ0v) is 12.6. The summed E-state index contributed by atoms with van der Waals surface area (Å²) < 4.78 is 55.5. The molecule has 7 heteroatoms. The van der Waals surface area contributed by atoms with Gasteiger partial charge >= 0.3 is 6.18 Å². The average molecular weight is 341 g/mol. The lowest BCUT2D eigenvalue weighted by atomic mass is 9.89. The third kappa shape index (κ3) is 3.44. The predicted molar refractivity (Wildman–Crippen MR) is 79.4 cm³/mol. The third-order valence-corrected chi connectivity index (χ3v) is 4.18. The zero-order chi connectivity index (χ0) is 17.3. The Hall–Kier alpha value is -2.31. The number of hydrogen-bond donors (Lipinski definition) is 0. The monoisotopic (exact) mass is 341 g/mol. The lowest BCUT2D eigenvalue weighted by Crippen LogP contribution is -2.36. The fourth-order valence-electron chi connectivity index (χ4n) is 2.86. The molecular weight excluding hydrogens is 326 g/mol. The number of rotatable bonds is 3. The minimum atomic E-state index is -4.50. The number of ketones is 1. The first kappa shape index (κ1) is 16.5. The number of Topliss-reactive ketones (excluding diaryl/α,β-unsaturated/α-hetero) is 1. The van der Waals surface area contributed by atoms with Crippen molar-refractivity contribution in [2.45, 2.75) is 19.0 Å². The van der Waals surface area contributed by atoms with Gasteiger partial charge in [0.2, 0.25) is 5.76 Å². The highest BCUT2D eigenvalue weighted by Gasteiger charge is 2.36. The van der Waals surface area contributed by atoms with E-state index in [2.05, 4.69) is 0 Å². The molecule has 2 heterocycles. The minimum Gasteiger partial charge on any atom is -0.436 e. The van der Waals surface area contributed by atoms with Crippen molar-refractivity contribution in [1.29, 1.82) is 0 Å². The molecular formula is C17H15F4NO2. The Morgan fingerprint density at radius 1 is 1.04 bits per heavy atom. The van der Waals surface area contributed by atoms with Crippen LogP contribution >= 0.6 is 0 Å². The molecule has 0 radical (unpaired) electrons. The van der Waals surface area contributed by atoms with Gasteiger partial charge < -0.3 is 9.32 Å². The molecule has 0 unspecified atom stereocenters. The highest BCUT2D eigenvalue weighted by atomic mass is 19.4. The van der Waals surface area contributed by atoms with E-state index >= 15 is 0 Å². The molecule has 0 spiro atoms. The smallest absolute Gasteiger partial charge is 0.436 e. The van der Waals surface area contributed by atoms with Gasteiger partial charge in [0, 0.05) is 30.6 Å². The van der Waals surface area contributed by atoms with Crippen LogP contribution in [-0.2, 0) is 6.18 Å². The van der Waals surface area contributed by atoms with E-state index in [4.69, 9.17) is 4.42 Å². The molecule has 1 aromatic carbocycles. The molecule has 1 saturated heterocycles. The van der Waals surface area contributed by atoms with Crippen LogP contribution in [0.3, 0.4) is 0 Å². The quantitative estimate of drug-likeness (QED) is 0.607. The van der Waals surface area contributed by atoms with Gasteiger partial charge in [-0.3, -0.25) is 4.79 Å². The van der Waals surface area contributed by atoms with Crippen LogP contribution in [0.5, 0.6) is 0 Å². The molecule has 0 amide bonds. The van der Waals surface area contributed by atoms with E-state index in [1.807, 2.05) is 0 Å². The maximum atomic E-state index is 12.9. The Labute approximate surface area is 135 Å².